The lowest BCUT2D eigenvalue weighted by molar-refractivity contribution is -0.145. The normalized spacial score (nSPS) is 18.4. The average molecular weight is 254 g/mol. The van der Waals surface area contributed by atoms with Gasteiger partial charge >= 0.3 is 0 Å². The molecule has 1 N–H and O–H groups in total. The van der Waals surface area contributed by atoms with Gasteiger partial charge in [0.2, 0.25) is 5.91 Å². The summed E-state index contributed by atoms with van der Waals surface area (Å²) in [6.07, 6.45) is 1.47. The minimum Gasteiger partial charge on any atom is -0.396 e. The van der Waals surface area contributed by atoms with Gasteiger partial charge in [-0.1, -0.05) is 0 Å². The van der Waals surface area contributed by atoms with Crippen molar-refractivity contribution in [3.63, 3.8) is 0 Å². The van der Waals surface area contributed by atoms with Crippen LogP contribution in [0.3, 0.4) is 0 Å². The van der Waals surface area contributed by atoms with Crippen molar-refractivity contribution in [2.75, 3.05) is 26.4 Å². The van der Waals surface area contributed by atoms with Gasteiger partial charge in [0.1, 0.15) is 5.41 Å². The number of hydrogen-bond acceptors (Lipinski definition) is 4. The third-order valence-corrected chi connectivity index (χ3v) is 3.41. The van der Waals surface area contributed by atoms with E-state index in [0.29, 0.717) is 39.0 Å². The maximum Gasteiger partial charge on any atom is 0.243 e. The molecule has 1 fully saturated rings. The van der Waals surface area contributed by atoms with E-state index in [9.17, 15) is 10.1 Å². The van der Waals surface area contributed by atoms with E-state index in [2.05, 4.69) is 6.07 Å². The van der Waals surface area contributed by atoms with Gasteiger partial charge in [-0.3, -0.25) is 4.79 Å². The molecule has 0 aliphatic carbocycles. The van der Waals surface area contributed by atoms with E-state index in [0.717, 1.165) is 0 Å². The Morgan fingerprint density at radius 1 is 1.50 bits per heavy atom. The molecular formula is C13H22N2O3. The second-order valence-electron chi connectivity index (χ2n) is 4.98. The van der Waals surface area contributed by atoms with Crippen LogP contribution in [0.2, 0.25) is 0 Å². The Labute approximate surface area is 108 Å². The minimum atomic E-state index is -0.933. The summed E-state index contributed by atoms with van der Waals surface area (Å²) in [4.78, 5) is 14.3. The number of aliphatic hydroxyl groups is 1. The van der Waals surface area contributed by atoms with Crippen molar-refractivity contribution >= 4 is 5.91 Å². The molecule has 1 aliphatic heterocycles. The standard InChI is InChI=1S/C13H22N2O3/c1-11(2)15(6-3-7-16)12(17)13(10-14)4-8-18-9-5-13/h11,16H,3-9H2,1-2H3. The van der Waals surface area contributed by atoms with Crippen molar-refractivity contribution < 1.29 is 14.6 Å². The molecule has 0 aromatic carbocycles. The van der Waals surface area contributed by atoms with E-state index >= 15 is 0 Å². The third kappa shape index (κ3) is 3.21. The second kappa shape index (κ2) is 6.72. The molecule has 1 saturated heterocycles. The third-order valence-electron chi connectivity index (χ3n) is 3.41. The van der Waals surface area contributed by atoms with Crippen molar-refractivity contribution in [3.05, 3.63) is 0 Å². The molecule has 0 atom stereocenters. The molecule has 1 rings (SSSR count). The van der Waals surface area contributed by atoms with Gasteiger partial charge in [-0.25, -0.2) is 0 Å². The van der Waals surface area contributed by atoms with Crippen LogP contribution in [0.4, 0.5) is 0 Å². The lowest BCUT2D eigenvalue weighted by Gasteiger charge is -2.36. The number of carbonyl (C=O) groups is 1. The molecule has 5 heteroatoms. The van der Waals surface area contributed by atoms with Crippen molar-refractivity contribution in [3.8, 4) is 6.07 Å². The van der Waals surface area contributed by atoms with Crippen LogP contribution in [0.5, 0.6) is 0 Å². The quantitative estimate of drug-likeness (QED) is 0.792. The fraction of sp³-hybridized carbons (Fsp3) is 0.846. The molecule has 5 nitrogen and oxygen atoms in total. The van der Waals surface area contributed by atoms with Gasteiger partial charge in [0.05, 0.1) is 6.07 Å². The zero-order chi connectivity index (χ0) is 13.6. The SMILES string of the molecule is CC(C)N(CCCO)C(=O)C1(C#N)CCOCC1. The van der Waals surface area contributed by atoms with E-state index < -0.39 is 5.41 Å². The summed E-state index contributed by atoms with van der Waals surface area (Å²) in [6, 6.07) is 2.23. The molecule has 18 heavy (non-hydrogen) atoms. The van der Waals surface area contributed by atoms with Crippen LogP contribution in [0.1, 0.15) is 33.1 Å². The molecule has 0 aromatic rings. The average Bonchev–Trinajstić information content (AvgIpc) is 2.39. The van der Waals surface area contributed by atoms with E-state index in [4.69, 9.17) is 9.84 Å². The largest absolute Gasteiger partial charge is 0.396 e. The number of ether oxygens (including phenoxy) is 1. The van der Waals surface area contributed by atoms with E-state index in [1.807, 2.05) is 13.8 Å². The van der Waals surface area contributed by atoms with Gasteiger partial charge in [0.25, 0.3) is 0 Å². The molecule has 1 aliphatic rings. The summed E-state index contributed by atoms with van der Waals surface area (Å²) in [5.41, 5.74) is -0.933. The van der Waals surface area contributed by atoms with Crippen LogP contribution >= 0.6 is 0 Å². The fourth-order valence-electron chi connectivity index (χ4n) is 2.20. The van der Waals surface area contributed by atoms with Crippen LogP contribution in [0.25, 0.3) is 0 Å². The van der Waals surface area contributed by atoms with Crippen LogP contribution in [0.15, 0.2) is 0 Å². The zero-order valence-corrected chi connectivity index (χ0v) is 11.2. The second-order valence-corrected chi connectivity index (χ2v) is 4.98. The van der Waals surface area contributed by atoms with Gasteiger partial charge in [-0.2, -0.15) is 5.26 Å². The molecule has 102 valence electrons. The van der Waals surface area contributed by atoms with Crippen LogP contribution in [-0.2, 0) is 9.53 Å². The summed E-state index contributed by atoms with van der Waals surface area (Å²) in [5, 5.41) is 18.3. The Morgan fingerprint density at radius 2 is 2.11 bits per heavy atom. The van der Waals surface area contributed by atoms with E-state index in [1.165, 1.54) is 0 Å². The number of hydrogen-bond donors (Lipinski definition) is 1. The monoisotopic (exact) mass is 254 g/mol. The Bertz CT molecular complexity index is 317. The first kappa shape index (κ1) is 14.9. The summed E-state index contributed by atoms with van der Waals surface area (Å²) in [7, 11) is 0. The molecule has 0 aromatic heterocycles. The molecule has 0 bridgehead atoms. The van der Waals surface area contributed by atoms with Gasteiger partial charge < -0.3 is 14.7 Å². The van der Waals surface area contributed by atoms with Gasteiger partial charge in [-0.05, 0) is 33.1 Å². The van der Waals surface area contributed by atoms with E-state index in [1.54, 1.807) is 4.90 Å². The molecule has 0 spiro atoms. The number of nitrogens with zero attached hydrogens (tertiary/aromatic N) is 2. The Hall–Kier alpha value is -1.12. The molecule has 1 heterocycles. The van der Waals surface area contributed by atoms with Crippen LogP contribution in [-0.4, -0.2) is 48.3 Å². The maximum atomic E-state index is 12.6. The van der Waals surface area contributed by atoms with Crippen molar-refractivity contribution in [2.24, 2.45) is 5.41 Å². The van der Waals surface area contributed by atoms with Gasteiger partial charge in [0.15, 0.2) is 0 Å². The topological polar surface area (TPSA) is 73.6 Å². The molecule has 0 saturated carbocycles. The first-order valence-corrected chi connectivity index (χ1v) is 6.48. The van der Waals surface area contributed by atoms with Crippen molar-refractivity contribution in [2.45, 2.75) is 39.2 Å². The summed E-state index contributed by atoms with van der Waals surface area (Å²) in [6.45, 7) is 5.34. The zero-order valence-electron chi connectivity index (χ0n) is 11.2. The Kier molecular flexibility index (Phi) is 5.57. The van der Waals surface area contributed by atoms with Crippen LogP contribution < -0.4 is 0 Å². The highest BCUT2D eigenvalue weighted by atomic mass is 16.5. The molecule has 0 unspecified atom stereocenters. The molecule has 1 amide bonds. The van der Waals surface area contributed by atoms with Gasteiger partial charge in [-0.15, -0.1) is 0 Å². The first-order valence-electron chi connectivity index (χ1n) is 6.48. The van der Waals surface area contributed by atoms with Crippen molar-refractivity contribution in [1.29, 1.82) is 5.26 Å². The predicted molar refractivity (Wildman–Crippen MR) is 66.7 cm³/mol. The number of aliphatic hydroxyl groups excluding tert-OH is 1. The van der Waals surface area contributed by atoms with Crippen LogP contribution in [0, 0.1) is 16.7 Å². The van der Waals surface area contributed by atoms with Crippen molar-refractivity contribution in [1.82, 2.24) is 4.90 Å². The number of rotatable bonds is 5. The summed E-state index contributed by atoms with van der Waals surface area (Å²) in [5.74, 6) is -0.114. The number of nitriles is 1. The maximum absolute atomic E-state index is 12.6. The minimum absolute atomic E-state index is 0.0390. The first-order chi connectivity index (χ1) is 8.57. The van der Waals surface area contributed by atoms with E-state index in [-0.39, 0.29) is 18.6 Å². The highest BCUT2D eigenvalue weighted by molar-refractivity contribution is 5.85. The predicted octanol–water partition coefficient (Wildman–Crippen LogP) is 0.926. The van der Waals surface area contributed by atoms with Gasteiger partial charge in [0, 0.05) is 32.4 Å². The highest BCUT2D eigenvalue weighted by Crippen LogP contribution is 2.32. The molecular weight excluding hydrogens is 232 g/mol. The number of carbonyl (C=O) groups excluding carboxylic acids is 1. The molecule has 0 radical (unpaired) electrons. The lowest BCUT2D eigenvalue weighted by Crippen LogP contribution is -2.49. The fourth-order valence-corrected chi connectivity index (χ4v) is 2.20. The summed E-state index contributed by atoms with van der Waals surface area (Å²) >= 11 is 0. The Morgan fingerprint density at radius 3 is 2.56 bits per heavy atom. The summed E-state index contributed by atoms with van der Waals surface area (Å²) < 4.78 is 5.24. The lowest BCUT2D eigenvalue weighted by atomic mass is 9.80. The smallest absolute Gasteiger partial charge is 0.243 e. The Balaban J connectivity index is 2.82. The highest BCUT2D eigenvalue weighted by Gasteiger charge is 2.43. The number of amides is 1.